The molecule has 23 heavy (non-hydrogen) atoms. The lowest BCUT2D eigenvalue weighted by Gasteiger charge is -2.23. The number of benzene rings is 1. The Bertz CT molecular complexity index is 854. The van der Waals surface area contributed by atoms with Crippen molar-refractivity contribution < 1.29 is 4.79 Å². The molecule has 0 spiro atoms. The Morgan fingerprint density at radius 1 is 1.13 bits per heavy atom. The van der Waals surface area contributed by atoms with Gasteiger partial charge in [-0.15, -0.1) is 0 Å². The fourth-order valence-electron chi connectivity index (χ4n) is 2.83. The minimum Gasteiger partial charge on any atom is -0.335 e. The second-order valence-corrected chi connectivity index (χ2v) is 5.70. The lowest BCUT2D eigenvalue weighted by molar-refractivity contribution is -0.118. The van der Waals surface area contributed by atoms with Crippen molar-refractivity contribution in [3.63, 3.8) is 0 Å². The Morgan fingerprint density at radius 3 is 2.52 bits per heavy atom. The number of aromatic nitrogens is 2. The first-order valence-electron chi connectivity index (χ1n) is 7.31. The molecule has 120 valence electrons. The third-order valence-electron chi connectivity index (χ3n) is 4.01. The molecule has 1 aromatic heterocycles. The zero-order chi connectivity index (χ0) is 16.6. The third kappa shape index (κ3) is 2.83. The first-order valence-corrected chi connectivity index (χ1v) is 7.31. The van der Waals surface area contributed by atoms with Gasteiger partial charge in [-0.3, -0.25) is 19.1 Å². The van der Waals surface area contributed by atoms with E-state index >= 15 is 0 Å². The lowest BCUT2D eigenvalue weighted by Crippen LogP contribution is -2.42. The minimum atomic E-state index is -0.534. The maximum Gasteiger partial charge on any atom is 0.330 e. The SMILES string of the molecule is Cn1cc([C@H]2NC(=O)CN2Cc2ccccc2)c(=O)n(C)c1=O. The standard InChI is InChI=1S/C16H18N4O3/c1-18-9-12(15(22)19(2)16(18)23)14-17-13(21)10-20(14)8-11-6-4-3-5-7-11/h3-7,9,14H,8,10H2,1-2H3,(H,17,21)/t14-/m0/s1. The molecule has 1 N–H and O–H groups in total. The van der Waals surface area contributed by atoms with Crippen molar-refractivity contribution >= 4 is 5.91 Å². The van der Waals surface area contributed by atoms with Crippen molar-refractivity contribution in [3.8, 4) is 0 Å². The van der Waals surface area contributed by atoms with Crippen molar-refractivity contribution in [1.29, 1.82) is 0 Å². The number of nitrogens with zero attached hydrogens (tertiary/aromatic N) is 3. The quantitative estimate of drug-likeness (QED) is 0.845. The van der Waals surface area contributed by atoms with Crippen LogP contribution in [0, 0.1) is 0 Å². The predicted octanol–water partition coefficient (Wildman–Crippen LogP) is -0.285. The molecule has 0 radical (unpaired) electrons. The number of carbonyl (C=O) groups is 1. The van der Waals surface area contributed by atoms with E-state index in [2.05, 4.69) is 5.32 Å². The fraction of sp³-hybridized carbons (Fsp3) is 0.312. The average molecular weight is 314 g/mol. The molecule has 0 bridgehead atoms. The van der Waals surface area contributed by atoms with Crippen LogP contribution in [0.5, 0.6) is 0 Å². The van der Waals surface area contributed by atoms with Crippen LogP contribution in [0.25, 0.3) is 0 Å². The van der Waals surface area contributed by atoms with Crippen molar-refractivity contribution in [3.05, 3.63) is 68.5 Å². The molecule has 3 rings (SSSR count). The van der Waals surface area contributed by atoms with Gasteiger partial charge in [-0.25, -0.2) is 4.79 Å². The summed E-state index contributed by atoms with van der Waals surface area (Å²) in [5.41, 5.74) is 0.656. The summed E-state index contributed by atoms with van der Waals surface area (Å²) in [5, 5.41) is 2.81. The molecule has 1 fully saturated rings. The monoisotopic (exact) mass is 314 g/mol. The van der Waals surface area contributed by atoms with Crippen LogP contribution in [0.1, 0.15) is 17.3 Å². The summed E-state index contributed by atoms with van der Waals surface area (Å²) in [5.74, 6) is -0.137. The zero-order valence-corrected chi connectivity index (χ0v) is 13.0. The maximum absolute atomic E-state index is 12.4. The molecule has 0 saturated carbocycles. The summed E-state index contributed by atoms with van der Waals surface area (Å²) >= 11 is 0. The predicted molar refractivity (Wildman–Crippen MR) is 84.7 cm³/mol. The Labute approximate surface area is 132 Å². The molecule has 2 heterocycles. The third-order valence-corrected chi connectivity index (χ3v) is 4.01. The first kappa shape index (κ1) is 15.2. The molecule has 1 aliphatic heterocycles. The summed E-state index contributed by atoms with van der Waals surface area (Å²) in [4.78, 5) is 38.0. The molecule has 1 aromatic carbocycles. The molecule has 7 nitrogen and oxygen atoms in total. The zero-order valence-electron chi connectivity index (χ0n) is 13.0. The van der Waals surface area contributed by atoms with Crippen LogP contribution in [0.4, 0.5) is 0 Å². The summed E-state index contributed by atoms with van der Waals surface area (Å²) in [6.45, 7) is 0.752. The van der Waals surface area contributed by atoms with Crippen LogP contribution in [-0.4, -0.2) is 26.5 Å². The van der Waals surface area contributed by atoms with Gasteiger partial charge in [-0.1, -0.05) is 30.3 Å². The van der Waals surface area contributed by atoms with Gasteiger partial charge in [0.25, 0.3) is 5.56 Å². The summed E-state index contributed by atoms with van der Waals surface area (Å²) in [6, 6.07) is 9.73. The van der Waals surface area contributed by atoms with Crippen LogP contribution in [0.3, 0.4) is 0 Å². The minimum absolute atomic E-state index is 0.137. The molecule has 1 saturated heterocycles. The van der Waals surface area contributed by atoms with Gasteiger partial charge >= 0.3 is 5.69 Å². The van der Waals surface area contributed by atoms with E-state index in [-0.39, 0.29) is 12.5 Å². The Hall–Kier alpha value is -2.67. The van der Waals surface area contributed by atoms with E-state index in [4.69, 9.17) is 0 Å². The topological polar surface area (TPSA) is 76.3 Å². The summed E-state index contributed by atoms with van der Waals surface area (Å²) in [6.07, 6.45) is 0.965. The highest BCUT2D eigenvalue weighted by molar-refractivity contribution is 5.80. The Kier molecular flexibility index (Phi) is 3.87. The molecule has 1 atom stereocenters. The van der Waals surface area contributed by atoms with Crippen LogP contribution < -0.4 is 16.6 Å². The van der Waals surface area contributed by atoms with Gasteiger partial charge in [-0.05, 0) is 5.56 Å². The molecule has 2 aromatic rings. The highest BCUT2D eigenvalue weighted by atomic mass is 16.2. The molecular weight excluding hydrogens is 296 g/mol. The highest BCUT2D eigenvalue weighted by Crippen LogP contribution is 2.21. The van der Waals surface area contributed by atoms with E-state index in [0.29, 0.717) is 12.1 Å². The second kappa shape index (κ2) is 5.85. The average Bonchev–Trinajstić information content (AvgIpc) is 2.90. The van der Waals surface area contributed by atoms with E-state index in [1.807, 2.05) is 35.2 Å². The number of hydrogen-bond acceptors (Lipinski definition) is 4. The molecule has 7 heteroatoms. The Morgan fingerprint density at radius 2 is 1.83 bits per heavy atom. The first-order chi connectivity index (χ1) is 11.0. The number of nitrogens with one attached hydrogen (secondary N) is 1. The van der Waals surface area contributed by atoms with Crippen LogP contribution in [0.15, 0.2) is 46.1 Å². The van der Waals surface area contributed by atoms with Gasteiger partial charge in [0, 0.05) is 26.8 Å². The molecule has 1 amide bonds. The van der Waals surface area contributed by atoms with E-state index in [0.717, 1.165) is 10.1 Å². The molecule has 0 unspecified atom stereocenters. The number of rotatable bonds is 3. The van der Waals surface area contributed by atoms with E-state index in [1.54, 1.807) is 7.05 Å². The van der Waals surface area contributed by atoms with E-state index < -0.39 is 17.4 Å². The second-order valence-electron chi connectivity index (χ2n) is 5.70. The lowest BCUT2D eigenvalue weighted by atomic mass is 10.2. The fourth-order valence-corrected chi connectivity index (χ4v) is 2.83. The van der Waals surface area contributed by atoms with Gasteiger partial charge in [0.1, 0.15) is 6.17 Å². The van der Waals surface area contributed by atoms with Gasteiger partial charge in [0.2, 0.25) is 5.91 Å². The van der Waals surface area contributed by atoms with Crippen LogP contribution >= 0.6 is 0 Å². The summed E-state index contributed by atoms with van der Waals surface area (Å²) < 4.78 is 2.41. The van der Waals surface area contributed by atoms with Crippen LogP contribution in [0.2, 0.25) is 0 Å². The molecule has 1 aliphatic rings. The van der Waals surface area contributed by atoms with Crippen molar-refractivity contribution in [2.24, 2.45) is 14.1 Å². The number of carbonyl (C=O) groups excluding carboxylic acids is 1. The molecular formula is C16H18N4O3. The number of hydrogen-bond donors (Lipinski definition) is 1. The normalized spacial score (nSPS) is 18.2. The van der Waals surface area contributed by atoms with Gasteiger partial charge in [-0.2, -0.15) is 0 Å². The highest BCUT2D eigenvalue weighted by Gasteiger charge is 2.33. The smallest absolute Gasteiger partial charge is 0.330 e. The van der Waals surface area contributed by atoms with Crippen LogP contribution in [-0.2, 0) is 25.4 Å². The molecule has 0 aliphatic carbocycles. The largest absolute Gasteiger partial charge is 0.335 e. The van der Waals surface area contributed by atoms with Crippen molar-refractivity contribution in [1.82, 2.24) is 19.4 Å². The van der Waals surface area contributed by atoms with Gasteiger partial charge in [0.15, 0.2) is 0 Å². The van der Waals surface area contributed by atoms with E-state index in [9.17, 15) is 14.4 Å². The van der Waals surface area contributed by atoms with Gasteiger partial charge in [0.05, 0.1) is 12.1 Å². The van der Waals surface area contributed by atoms with Crippen molar-refractivity contribution in [2.75, 3.05) is 6.54 Å². The maximum atomic E-state index is 12.4. The van der Waals surface area contributed by atoms with E-state index in [1.165, 1.54) is 17.8 Å². The Balaban J connectivity index is 1.99. The van der Waals surface area contributed by atoms with Crippen molar-refractivity contribution in [2.45, 2.75) is 12.7 Å². The van der Waals surface area contributed by atoms with Gasteiger partial charge < -0.3 is 9.88 Å². The summed E-state index contributed by atoms with van der Waals surface area (Å²) in [7, 11) is 3.02. The number of aryl methyl sites for hydroxylation is 1. The number of amides is 1.